The number of ether oxygens (including phenoxy) is 4. The Kier molecular flexibility index (Phi) is 25.5. The molecule has 1 aromatic heterocycles. The third-order valence-electron chi connectivity index (χ3n) is 14.4. The first-order chi connectivity index (χ1) is 43.5. The van der Waals surface area contributed by atoms with Gasteiger partial charge in [-0.25, -0.2) is 14.6 Å². The van der Waals surface area contributed by atoms with E-state index in [9.17, 15) is 14.4 Å². The second-order valence-corrected chi connectivity index (χ2v) is 21.4. The summed E-state index contributed by atoms with van der Waals surface area (Å²) in [5, 5.41) is 48.1. The molecule has 0 radical (unpaired) electrons. The Morgan fingerprint density at radius 1 is 0.551 bits per heavy atom. The van der Waals surface area contributed by atoms with E-state index in [0.717, 1.165) is 118 Å². The molecule has 0 amide bonds. The molecular weight excluding hydrogens is 1140 g/mol. The summed E-state index contributed by atoms with van der Waals surface area (Å²) in [7, 11) is 0. The summed E-state index contributed by atoms with van der Waals surface area (Å²) in [5.74, 6) is -0.628. The maximum atomic E-state index is 12.1. The quantitative estimate of drug-likeness (QED) is 0.0151. The average molecular weight is 1220 g/mol. The lowest BCUT2D eigenvalue weighted by Crippen LogP contribution is -2.31. The maximum absolute atomic E-state index is 12.1. The van der Waals surface area contributed by atoms with Gasteiger partial charge in [-0.15, -0.1) is 5.11 Å². The normalized spacial score (nSPS) is 15.4. The summed E-state index contributed by atoms with van der Waals surface area (Å²) in [6.45, 7) is 20.0. The van der Waals surface area contributed by atoms with Gasteiger partial charge < -0.3 is 28.7 Å². The Balaban J connectivity index is 0.000000240. The number of unbranched alkanes of at least 4 members (excludes halogenated alkanes) is 1. The molecule has 21 heteroatoms. The van der Waals surface area contributed by atoms with Gasteiger partial charge in [-0.05, 0) is 182 Å². The first-order valence-electron chi connectivity index (χ1n) is 30.1. The number of nitrogens with zero attached hydrogens (tertiary/aromatic N) is 13. The Morgan fingerprint density at radius 2 is 1.02 bits per heavy atom. The van der Waals surface area contributed by atoms with E-state index in [2.05, 4.69) is 143 Å². The number of azo groups is 5. The molecule has 4 aliphatic rings. The molecule has 0 bridgehead atoms. The lowest BCUT2D eigenvalue weighted by molar-refractivity contribution is -0.140. The van der Waals surface area contributed by atoms with Crippen molar-refractivity contribution in [3.8, 4) is 0 Å². The number of aromatic nitrogens is 1. The first kappa shape index (κ1) is 65.4. The van der Waals surface area contributed by atoms with E-state index in [0.29, 0.717) is 67.4 Å². The van der Waals surface area contributed by atoms with Crippen LogP contribution < -0.4 is 30.1 Å². The molecular formula is C68H75N13O7S. The van der Waals surface area contributed by atoms with Crippen molar-refractivity contribution in [2.45, 2.75) is 98.0 Å². The lowest BCUT2D eigenvalue weighted by Gasteiger charge is -2.20. The van der Waals surface area contributed by atoms with Crippen LogP contribution in [0.3, 0.4) is 0 Å². The van der Waals surface area contributed by atoms with E-state index >= 15 is 0 Å². The number of benzene rings is 4. The van der Waals surface area contributed by atoms with Crippen LogP contribution in [0.15, 0.2) is 221 Å². The van der Waals surface area contributed by atoms with Gasteiger partial charge in [-0.1, -0.05) is 54.8 Å². The van der Waals surface area contributed by atoms with Crippen LogP contribution in [0.2, 0.25) is 0 Å². The SMILES string of the molecule is C=CC(=O)OCCCCC(=O)OC1=CC=C(N=Nc2ccc(N=NC3=c4ccccc4=C(N=Nc4ccc(N(CC)CC)cc4)CC3)cc2)CC1.C=CC(=O)OCCOC1C=c2sc(N=NC3=CC=C(N=Nc4ccc(N(CC)CC)cc4)CC3)nc2=CC1. The average Bonchev–Trinajstić information content (AvgIpc) is 1.96. The van der Waals surface area contributed by atoms with Crippen molar-refractivity contribution in [2.24, 2.45) is 51.1 Å². The number of rotatable bonds is 28. The van der Waals surface area contributed by atoms with Crippen LogP contribution in [0.5, 0.6) is 0 Å². The standard InChI is InChI=1S/C40H43N7O4.C28H32N6O3S/c1-4-39(48)50-28-10-9-13-40(49)51-34-24-20-32(21-25-34)42-41-29-14-16-30(17-15-29)43-45-37-26-27-38(36-12-8-7-11-35(36)37)46-44-31-18-22-33(23-19-31)47(5-2)6-3;1-4-27(35)37-18-17-36-24-15-16-25-26(19-24)38-28(29-25)33-32-21-9-7-20(8-10-21)30-31-22-11-13-23(14-12-22)34(5-2)6-3/h4,7-8,11-12,14-20,22-24H,1,5-6,9-10,13,21,25-28H2,2-3H3;4,7,9,11-14,16,19,24H,1,5-6,8,10,15,17-18H2,2-3H3. The maximum Gasteiger partial charge on any atom is 0.330 e. The highest BCUT2D eigenvalue weighted by Crippen LogP contribution is 2.29. The molecule has 0 spiro atoms. The van der Waals surface area contributed by atoms with Gasteiger partial charge in [0, 0.05) is 73.0 Å². The second kappa shape index (κ2) is 34.7. The zero-order valence-corrected chi connectivity index (χ0v) is 51.8. The summed E-state index contributed by atoms with van der Waals surface area (Å²) in [5.41, 5.74) is 9.86. The van der Waals surface area contributed by atoms with Crippen LogP contribution in [-0.2, 0) is 33.3 Å². The fourth-order valence-corrected chi connectivity index (χ4v) is 10.4. The predicted molar refractivity (Wildman–Crippen MR) is 348 cm³/mol. The van der Waals surface area contributed by atoms with Crippen molar-refractivity contribution in [1.29, 1.82) is 0 Å². The van der Waals surface area contributed by atoms with E-state index < -0.39 is 11.9 Å². The number of hydrogen-bond donors (Lipinski definition) is 0. The number of carbonyl (C=O) groups excluding carboxylic acids is 3. The topological polar surface area (TPSA) is 231 Å². The molecule has 0 fully saturated rings. The lowest BCUT2D eigenvalue weighted by atomic mass is 10.0. The number of allylic oxidation sites excluding steroid dienone is 8. The third kappa shape index (κ3) is 20.5. The minimum Gasteiger partial charge on any atom is -0.463 e. The van der Waals surface area contributed by atoms with Crippen LogP contribution in [-0.4, -0.2) is 75.0 Å². The zero-order chi connectivity index (χ0) is 62.6. The zero-order valence-electron chi connectivity index (χ0n) is 50.9. The molecule has 0 saturated carbocycles. The van der Waals surface area contributed by atoms with Gasteiger partial charge in [0.1, 0.15) is 12.4 Å². The molecule has 0 aliphatic heterocycles. The van der Waals surface area contributed by atoms with Gasteiger partial charge in [0.15, 0.2) is 0 Å². The van der Waals surface area contributed by atoms with Crippen molar-refractivity contribution < 1.29 is 33.3 Å². The molecule has 0 saturated heterocycles. The number of thiazole rings is 1. The molecule has 89 heavy (non-hydrogen) atoms. The van der Waals surface area contributed by atoms with Gasteiger partial charge in [0.2, 0.25) is 5.13 Å². The second-order valence-electron chi connectivity index (χ2n) is 20.4. The predicted octanol–water partition coefficient (Wildman–Crippen LogP) is 14.7. The number of anilines is 2. The summed E-state index contributed by atoms with van der Waals surface area (Å²) in [6, 6.07) is 31.9. The Hall–Kier alpha value is -9.60. The van der Waals surface area contributed by atoms with Crippen molar-refractivity contribution in [2.75, 3.05) is 55.8 Å². The van der Waals surface area contributed by atoms with Crippen LogP contribution in [0.4, 0.5) is 39.3 Å². The molecule has 1 heterocycles. The van der Waals surface area contributed by atoms with E-state index in [1.54, 1.807) is 12.2 Å². The summed E-state index contributed by atoms with van der Waals surface area (Å²) < 4.78 is 22.1. The van der Waals surface area contributed by atoms with Gasteiger partial charge in [0.25, 0.3) is 0 Å². The smallest absolute Gasteiger partial charge is 0.330 e. The van der Waals surface area contributed by atoms with E-state index in [1.807, 2.05) is 85.0 Å². The van der Waals surface area contributed by atoms with Crippen LogP contribution >= 0.6 is 11.3 Å². The third-order valence-corrected chi connectivity index (χ3v) is 15.3. The van der Waals surface area contributed by atoms with Crippen molar-refractivity contribution in [3.63, 3.8) is 0 Å². The van der Waals surface area contributed by atoms with Crippen molar-refractivity contribution in [3.05, 3.63) is 190 Å². The monoisotopic (exact) mass is 1220 g/mol. The van der Waals surface area contributed by atoms with E-state index in [4.69, 9.17) is 18.9 Å². The highest BCUT2D eigenvalue weighted by molar-refractivity contribution is 7.13. The Labute approximate surface area is 522 Å². The molecule has 4 aliphatic carbocycles. The van der Waals surface area contributed by atoms with Crippen LogP contribution in [0.25, 0.3) is 23.5 Å². The molecule has 460 valence electrons. The Bertz CT molecular complexity index is 3840. The van der Waals surface area contributed by atoms with E-state index in [-0.39, 0.29) is 31.7 Å². The minimum atomic E-state index is -0.466. The minimum absolute atomic E-state index is 0.0886. The van der Waals surface area contributed by atoms with Gasteiger partial charge in [0.05, 0.1) is 80.4 Å². The fourth-order valence-electron chi connectivity index (χ4n) is 9.49. The van der Waals surface area contributed by atoms with Crippen molar-refractivity contribution in [1.82, 2.24) is 4.98 Å². The van der Waals surface area contributed by atoms with Gasteiger partial charge >= 0.3 is 17.9 Å². The molecule has 1 unspecified atom stereocenters. The largest absolute Gasteiger partial charge is 0.463 e. The van der Waals surface area contributed by atoms with Gasteiger partial charge in [-0.2, -0.15) is 46.0 Å². The number of esters is 3. The molecule has 5 aromatic rings. The van der Waals surface area contributed by atoms with Crippen molar-refractivity contribution >= 4 is 92.0 Å². The Morgan fingerprint density at radius 3 is 1.51 bits per heavy atom. The molecule has 20 nitrogen and oxygen atoms in total. The van der Waals surface area contributed by atoms with Gasteiger partial charge in [-0.3, -0.25) is 4.79 Å². The highest BCUT2D eigenvalue weighted by Gasteiger charge is 2.16. The highest BCUT2D eigenvalue weighted by atomic mass is 32.1. The van der Waals surface area contributed by atoms with Crippen LogP contribution in [0.1, 0.15) is 91.9 Å². The molecule has 1 atom stereocenters. The summed E-state index contributed by atoms with van der Waals surface area (Å²) >= 11 is 1.47. The molecule has 9 rings (SSSR count). The number of fused-ring (bicyclic) bond motifs is 2. The number of carbonyl (C=O) groups is 3. The van der Waals surface area contributed by atoms with Crippen LogP contribution in [0, 0.1) is 0 Å². The molecule has 0 N–H and O–H groups in total. The number of hydrogen-bond acceptors (Lipinski definition) is 21. The summed E-state index contributed by atoms with van der Waals surface area (Å²) in [4.78, 5) is 43.4. The molecule has 4 aromatic carbocycles. The summed E-state index contributed by atoms with van der Waals surface area (Å²) in [6.07, 6.45) is 19.8. The fraction of sp³-hybridized carbons (Fsp3) is 0.324. The van der Waals surface area contributed by atoms with E-state index in [1.165, 1.54) is 22.7 Å². The first-order valence-corrected chi connectivity index (χ1v) is 30.9.